The van der Waals surface area contributed by atoms with Gasteiger partial charge in [0.05, 0.1) is 10.1 Å². The Hall–Kier alpha value is -2.76. The van der Waals surface area contributed by atoms with E-state index in [2.05, 4.69) is 15.5 Å². The van der Waals surface area contributed by atoms with Crippen molar-refractivity contribution in [1.29, 1.82) is 0 Å². The molecular formula is C20H22FN5O3S2. The van der Waals surface area contributed by atoms with E-state index in [1.165, 1.54) is 50.1 Å². The number of benzene rings is 2. The first-order valence-corrected chi connectivity index (χ1v) is 11.6. The average Bonchev–Trinajstić information content (AvgIpc) is 3.08. The number of halogens is 1. The Bertz CT molecular complexity index is 1190. The highest BCUT2D eigenvalue weighted by Gasteiger charge is 2.21. The average molecular weight is 464 g/mol. The van der Waals surface area contributed by atoms with Crippen LogP contribution in [0.15, 0.2) is 58.6 Å². The fourth-order valence-electron chi connectivity index (χ4n) is 2.67. The van der Waals surface area contributed by atoms with Gasteiger partial charge in [-0.15, -0.1) is 10.2 Å². The number of thioether (sulfide) groups is 1. The Kier molecular flexibility index (Phi) is 6.77. The molecule has 1 heterocycles. The van der Waals surface area contributed by atoms with Crippen molar-refractivity contribution in [2.24, 2.45) is 7.05 Å². The lowest BCUT2D eigenvalue weighted by Gasteiger charge is -2.14. The van der Waals surface area contributed by atoms with Gasteiger partial charge in [0.25, 0.3) is 0 Å². The van der Waals surface area contributed by atoms with Crippen molar-refractivity contribution < 1.29 is 17.6 Å². The van der Waals surface area contributed by atoms with E-state index in [4.69, 9.17) is 0 Å². The lowest BCUT2D eigenvalue weighted by Crippen LogP contribution is -2.24. The smallest absolute Gasteiger partial charge is 0.242 e. The highest BCUT2D eigenvalue weighted by molar-refractivity contribution is 8.00. The number of hydrogen-bond donors (Lipinski definition) is 1. The van der Waals surface area contributed by atoms with Crippen LogP contribution in [0.25, 0.3) is 11.4 Å². The van der Waals surface area contributed by atoms with E-state index >= 15 is 0 Å². The number of nitrogens with zero attached hydrogens (tertiary/aromatic N) is 4. The molecule has 3 aromatic rings. The number of rotatable bonds is 7. The standard InChI is InChI=1S/C20H22FN5O3S2/c1-13(19(27)22-16-6-5-7-17(12-16)31(28,29)25(2)3)30-20-24-23-18(26(20)4)14-8-10-15(21)11-9-14/h5-13H,1-4H3,(H,22,27). The van der Waals surface area contributed by atoms with E-state index in [1.807, 2.05) is 0 Å². The molecule has 0 spiro atoms. The van der Waals surface area contributed by atoms with Gasteiger partial charge >= 0.3 is 0 Å². The molecule has 3 rings (SSSR count). The summed E-state index contributed by atoms with van der Waals surface area (Å²) in [6.07, 6.45) is 0. The summed E-state index contributed by atoms with van der Waals surface area (Å²) in [6, 6.07) is 12.0. The van der Waals surface area contributed by atoms with Gasteiger partial charge in [0, 0.05) is 32.4 Å². The lowest BCUT2D eigenvalue weighted by molar-refractivity contribution is -0.115. The third-order valence-corrected chi connectivity index (χ3v) is 7.41. The molecule has 1 atom stereocenters. The minimum absolute atomic E-state index is 0.0906. The van der Waals surface area contributed by atoms with E-state index < -0.39 is 15.3 Å². The van der Waals surface area contributed by atoms with Crippen LogP contribution in [0.4, 0.5) is 10.1 Å². The molecular weight excluding hydrogens is 441 g/mol. The first-order valence-electron chi connectivity index (χ1n) is 9.25. The van der Waals surface area contributed by atoms with E-state index in [0.29, 0.717) is 22.2 Å². The van der Waals surface area contributed by atoms with E-state index in [1.54, 1.807) is 42.8 Å². The topological polar surface area (TPSA) is 97.2 Å². The number of sulfonamides is 1. The van der Waals surface area contributed by atoms with Gasteiger partial charge in [0.1, 0.15) is 5.82 Å². The minimum atomic E-state index is -3.60. The predicted octanol–water partition coefficient (Wildman–Crippen LogP) is 2.99. The molecule has 8 nitrogen and oxygen atoms in total. The summed E-state index contributed by atoms with van der Waals surface area (Å²) in [4.78, 5) is 12.7. The molecule has 1 unspecified atom stereocenters. The SMILES string of the molecule is CC(Sc1nnc(-c2ccc(F)cc2)n1C)C(=O)Nc1cccc(S(=O)(=O)N(C)C)c1. The van der Waals surface area contributed by atoms with Crippen molar-refractivity contribution in [3.8, 4) is 11.4 Å². The number of amides is 1. The largest absolute Gasteiger partial charge is 0.325 e. The summed E-state index contributed by atoms with van der Waals surface area (Å²) in [6.45, 7) is 1.71. The summed E-state index contributed by atoms with van der Waals surface area (Å²) < 4.78 is 40.6. The number of hydrogen-bond acceptors (Lipinski definition) is 6. The Morgan fingerprint density at radius 1 is 1.16 bits per heavy atom. The maximum atomic E-state index is 13.2. The third kappa shape index (κ3) is 5.12. The lowest BCUT2D eigenvalue weighted by atomic mass is 10.2. The Morgan fingerprint density at radius 3 is 2.48 bits per heavy atom. The zero-order valence-electron chi connectivity index (χ0n) is 17.4. The van der Waals surface area contributed by atoms with Crippen LogP contribution in [0.3, 0.4) is 0 Å². The monoisotopic (exact) mass is 463 g/mol. The summed E-state index contributed by atoms with van der Waals surface area (Å²) in [7, 11) is 1.05. The van der Waals surface area contributed by atoms with E-state index in [-0.39, 0.29) is 16.6 Å². The zero-order valence-corrected chi connectivity index (χ0v) is 19.0. The molecule has 0 saturated heterocycles. The first-order chi connectivity index (χ1) is 14.6. The zero-order chi connectivity index (χ0) is 22.8. The van der Waals surface area contributed by atoms with E-state index in [9.17, 15) is 17.6 Å². The molecule has 31 heavy (non-hydrogen) atoms. The third-order valence-electron chi connectivity index (χ3n) is 4.47. The van der Waals surface area contributed by atoms with Crippen LogP contribution in [0.5, 0.6) is 0 Å². The van der Waals surface area contributed by atoms with Crippen molar-refractivity contribution >= 4 is 33.4 Å². The number of nitrogens with one attached hydrogen (secondary N) is 1. The normalized spacial score (nSPS) is 12.7. The molecule has 1 amide bonds. The highest BCUT2D eigenvalue weighted by Crippen LogP contribution is 2.27. The fraction of sp³-hybridized carbons (Fsp3) is 0.250. The van der Waals surface area contributed by atoms with E-state index in [0.717, 1.165) is 4.31 Å². The van der Waals surface area contributed by atoms with Gasteiger partial charge in [0.2, 0.25) is 15.9 Å². The number of aromatic nitrogens is 3. The predicted molar refractivity (Wildman–Crippen MR) is 118 cm³/mol. The number of carbonyl (C=O) groups excluding carboxylic acids is 1. The molecule has 164 valence electrons. The van der Waals surface area contributed by atoms with Crippen LogP contribution in [0.1, 0.15) is 6.92 Å². The second kappa shape index (κ2) is 9.16. The van der Waals surface area contributed by atoms with Crippen molar-refractivity contribution in [2.45, 2.75) is 22.2 Å². The maximum Gasteiger partial charge on any atom is 0.242 e. The molecule has 0 aliphatic heterocycles. The van der Waals surface area contributed by atoms with Gasteiger partial charge in [0.15, 0.2) is 11.0 Å². The first kappa shape index (κ1) is 22.9. The molecule has 0 radical (unpaired) electrons. The van der Waals surface area contributed by atoms with Crippen LogP contribution in [0, 0.1) is 5.82 Å². The van der Waals surface area contributed by atoms with Gasteiger partial charge in [-0.05, 0) is 49.4 Å². The Morgan fingerprint density at radius 2 is 1.84 bits per heavy atom. The summed E-state index contributed by atoms with van der Waals surface area (Å²) in [5.74, 6) is -0.0966. The van der Waals surface area contributed by atoms with Crippen LogP contribution >= 0.6 is 11.8 Å². The van der Waals surface area contributed by atoms with Gasteiger partial charge in [-0.3, -0.25) is 4.79 Å². The summed E-state index contributed by atoms with van der Waals surface area (Å²) in [5.41, 5.74) is 1.09. The van der Waals surface area contributed by atoms with Gasteiger partial charge < -0.3 is 9.88 Å². The van der Waals surface area contributed by atoms with Crippen LogP contribution in [-0.2, 0) is 21.9 Å². The van der Waals surface area contributed by atoms with Crippen molar-refractivity contribution in [3.63, 3.8) is 0 Å². The Labute approximate surface area is 184 Å². The quantitative estimate of drug-likeness (QED) is 0.541. The summed E-state index contributed by atoms with van der Waals surface area (Å²) >= 11 is 1.21. The van der Waals surface area contributed by atoms with Gasteiger partial charge in [-0.25, -0.2) is 17.1 Å². The second-order valence-electron chi connectivity index (χ2n) is 6.94. The molecule has 0 aliphatic rings. The molecule has 2 aromatic carbocycles. The van der Waals surface area contributed by atoms with Crippen LogP contribution in [0.2, 0.25) is 0 Å². The Balaban J connectivity index is 1.72. The molecule has 11 heteroatoms. The fourth-order valence-corrected chi connectivity index (χ4v) is 4.43. The van der Waals surface area contributed by atoms with Crippen LogP contribution in [-0.4, -0.2) is 52.7 Å². The minimum Gasteiger partial charge on any atom is -0.325 e. The van der Waals surface area contributed by atoms with Crippen LogP contribution < -0.4 is 5.32 Å². The molecule has 0 fully saturated rings. The number of anilines is 1. The van der Waals surface area contributed by atoms with Crippen molar-refractivity contribution in [3.05, 3.63) is 54.3 Å². The molecule has 1 aromatic heterocycles. The maximum absolute atomic E-state index is 13.2. The molecule has 1 N–H and O–H groups in total. The summed E-state index contributed by atoms with van der Waals surface area (Å²) in [5, 5.41) is 11.0. The van der Waals surface area contributed by atoms with Gasteiger partial charge in [-0.1, -0.05) is 17.8 Å². The molecule has 0 aliphatic carbocycles. The highest BCUT2D eigenvalue weighted by atomic mass is 32.2. The van der Waals surface area contributed by atoms with Crippen molar-refractivity contribution in [1.82, 2.24) is 19.1 Å². The number of carbonyl (C=O) groups is 1. The second-order valence-corrected chi connectivity index (χ2v) is 10.4. The van der Waals surface area contributed by atoms with Gasteiger partial charge in [-0.2, -0.15) is 0 Å². The molecule has 0 bridgehead atoms. The van der Waals surface area contributed by atoms with Crippen molar-refractivity contribution in [2.75, 3.05) is 19.4 Å². The molecule has 0 saturated carbocycles.